The Morgan fingerprint density at radius 2 is 1.60 bits per heavy atom. The Bertz CT molecular complexity index is 454. The van der Waals surface area contributed by atoms with E-state index in [2.05, 4.69) is 41.5 Å². The van der Waals surface area contributed by atoms with Crippen molar-refractivity contribution in [2.24, 2.45) is 28.6 Å². The zero-order valence-electron chi connectivity index (χ0n) is 14.0. The molecule has 20 heavy (non-hydrogen) atoms. The highest BCUT2D eigenvalue weighted by molar-refractivity contribution is 5.21. The SMILES string of the molecule is C[C@@H]1CC[C@H]2C(C)(C)[C@@H]3CC12C[C@H]1OC(C)(C)O[C@@]13C. The Balaban J connectivity index is 1.82. The second kappa shape index (κ2) is 3.46. The van der Waals surface area contributed by atoms with Crippen LogP contribution in [0.15, 0.2) is 0 Å². The molecule has 114 valence electrons. The van der Waals surface area contributed by atoms with Crippen molar-refractivity contribution < 1.29 is 9.47 Å². The average molecular weight is 278 g/mol. The third-order valence-corrected chi connectivity index (χ3v) is 7.73. The smallest absolute Gasteiger partial charge is 0.164 e. The number of hydrogen-bond donors (Lipinski definition) is 0. The zero-order valence-corrected chi connectivity index (χ0v) is 14.0. The normalized spacial score (nSPS) is 58.5. The minimum absolute atomic E-state index is 0.0810. The second-order valence-corrected chi connectivity index (χ2v) is 9.34. The van der Waals surface area contributed by atoms with E-state index in [0.717, 1.165) is 11.8 Å². The molecule has 0 aromatic heterocycles. The predicted octanol–water partition coefficient (Wildman–Crippen LogP) is 4.38. The van der Waals surface area contributed by atoms with E-state index in [1.807, 2.05) is 0 Å². The van der Waals surface area contributed by atoms with Crippen molar-refractivity contribution in [3.05, 3.63) is 0 Å². The highest BCUT2D eigenvalue weighted by atomic mass is 16.8. The van der Waals surface area contributed by atoms with Crippen LogP contribution in [0.2, 0.25) is 0 Å². The van der Waals surface area contributed by atoms with E-state index in [-0.39, 0.29) is 5.60 Å². The van der Waals surface area contributed by atoms with Crippen molar-refractivity contribution >= 4 is 0 Å². The first-order valence-corrected chi connectivity index (χ1v) is 8.50. The van der Waals surface area contributed by atoms with Crippen molar-refractivity contribution in [3.8, 4) is 0 Å². The number of fused-ring (bicyclic) bond motifs is 3. The lowest BCUT2D eigenvalue weighted by atomic mass is 9.63. The Labute approximate surface area is 123 Å². The molecular weight excluding hydrogens is 248 g/mol. The molecule has 1 unspecified atom stereocenters. The maximum atomic E-state index is 6.48. The predicted molar refractivity (Wildman–Crippen MR) is 79.3 cm³/mol. The molecule has 4 rings (SSSR count). The molecule has 3 saturated carbocycles. The topological polar surface area (TPSA) is 18.5 Å². The van der Waals surface area contributed by atoms with Crippen LogP contribution >= 0.6 is 0 Å². The lowest BCUT2D eigenvalue weighted by Crippen LogP contribution is -2.52. The van der Waals surface area contributed by atoms with Crippen LogP contribution in [-0.2, 0) is 9.47 Å². The van der Waals surface area contributed by atoms with Gasteiger partial charge in [0.2, 0.25) is 0 Å². The van der Waals surface area contributed by atoms with Gasteiger partial charge in [0.05, 0.1) is 11.7 Å². The largest absolute Gasteiger partial charge is 0.344 e. The number of rotatable bonds is 0. The Hall–Kier alpha value is -0.0800. The van der Waals surface area contributed by atoms with Gasteiger partial charge in [0.15, 0.2) is 5.79 Å². The van der Waals surface area contributed by atoms with E-state index < -0.39 is 5.79 Å². The molecule has 0 radical (unpaired) electrons. The fourth-order valence-corrected chi connectivity index (χ4v) is 7.01. The van der Waals surface area contributed by atoms with Crippen molar-refractivity contribution in [1.82, 2.24) is 0 Å². The number of hydrogen-bond acceptors (Lipinski definition) is 2. The molecule has 4 fully saturated rings. The minimum atomic E-state index is -0.409. The van der Waals surface area contributed by atoms with Gasteiger partial charge in [-0.25, -0.2) is 0 Å². The molecule has 0 aromatic rings. The molecule has 2 bridgehead atoms. The minimum Gasteiger partial charge on any atom is -0.344 e. The second-order valence-electron chi connectivity index (χ2n) is 9.34. The first-order valence-electron chi connectivity index (χ1n) is 8.50. The standard InChI is InChI=1S/C18H30O2/c1-11-7-8-12-15(2,3)13-9-18(11,12)10-14-17(13,6)20-16(4,5)19-14/h11-14H,7-10H2,1-6H3/t11-,12+,13+,14-,17-,18?/m1/s1. The van der Waals surface area contributed by atoms with E-state index >= 15 is 0 Å². The Kier molecular flexibility index (Phi) is 2.35. The molecule has 3 aliphatic carbocycles. The lowest BCUT2D eigenvalue weighted by Gasteiger charge is -2.47. The third-order valence-electron chi connectivity index (χ3n) is 7.73. The van der Waals surface area contributed by atoms with Gasteiger partial charge in [0, 0.05) is 0 Å². The summed E-state index contributed by atoms with van der Waals surface area (Å²) in [6.07, 6.45) is 5.70. The molecule has 0 amide bonds. The molecule has 4 aliphatic rings. The van der Waals surface area contributed by atoms with Crippen LogP contribution in [0.3, 0.4) is 0 Å². The highest BCUT2D eigenvalue weighted by Crippen LogP contribution is 2.75. The quantitative estimate of drug-likeness (QED) is 0.654. The van der Waals surface area contributed by atoms with Crippen LogP contribution < -0.4 is 0 Å². The van der Waals surface area contributed by atoms with Crippen LogP contribution in [-0.4, -0.2) is 17.5 Å². The molecule has 0 aromatic carbocycles. The highest BCUT2D eigenvalue weighted by Gasteiger charge is 2.73. The summed E-state index contributed by atoms with van der Waals surface area (Å²) in [6.45, 7) is 14.0. The fraction of sp³-hybridized carbons (Fsp3) is 1.00. The van der Waals surface area contributed by atoms with Crippen LogP contribution in [0.5, 0.6) is 0 Å². The van der Waals surface area contributed by atoms with E-state index in [0.29, 0.717) is 22.9 Å². The van der Waals surface area contributed by atoms with Crippen molar-refractivity contribution in [2.75, 3.05) is 0 Å². The molecule has 6 atom stereocenters. The summed E-state index contributed by atoms with van der Waals surface area (Å²) < 4.78 is 12.8. The maximum Gasteiger partial charge on any atom is 0.164 e. The zero-order chi connectivity index (χ0) is 14.6. The van der Waals surface area contributed by atoms with Gasteiger partial charge < -0.3 is 9.47 Å². The van der Waals surface area contributed by atoms with E-state index in [1.54, 1.807) is 0 Å². The van der Waals surface area contributed by atoms with Gasteiger partial charge in [0.1, 0.15) is 0 Å². The molecule has 1 saturated heterocycles. The third kappa shape index (κ3) is 1.34. The van der Waals surface area contributed by atoms with Crippen LogP contribution in [0.4, 0.5) is 0 Å². The average Bonchev–Trinajstić information content (AvgIpc) is 2.80. The first-order chi connectivity index (χ1) is 9.12. The van der Waals surface area contributed by atoms with Gasteiger partial charge in [-0.15, -0.1) is 0 Å². The summed E-state index contributed by atoms with van der Waals surface area (Å²) >= 11 is 0. The van der Waals surface area contributed by atoms with E-state index in [1.165, 1.54) is 25.7 Å². The van der Waals surface area contributed by atoms with Gasteiger partial charge >= 0.3 is 0 Å². The van der Waals surface area contributed by atoms with E-state index in [9.17, 15) is 0 Å². The van der Waals surface area contributed by atoms with Crippen LogP contribution in [0.1, 0.15) is 67.2 Å². The van der Waals surface area contributed by atoms with Gasteiger partial charge in [-0.2, -0.15) is 0 Å². The van der Waals surface area contributed by atoms with E-state index in [4.69, 9.17) is 9.47 Å². The van der Waals surface area contributed by atoms with Crippen molar-refractivity contribution in [1.29, 1.82) is 0 Å². The molecule has 2 heteroatoms. The Morgan fingerprint density at radius 1 is 0.900 bits per heavy atom. The van der Waals surface area contributed by atoms with Gasteiger partial charge in [-0.05, 0) is 75.0 Å². The van der Waals surface area contributed by atoms with Crippen molar-refractivity contribution in [3.63, 3.8) is 0 Å². The summed E-state index contributed by atoms with van der Waals surface area (Å²) in [7, 11) is 0. The summed E-state index contributed by atoms with van der Waals surface area (Å²) in [6, 6.07) is 0. The van der Waals surface area contributed by atoms with Gasteiger partial charge in [0.25, 0.3) is 0 Å². The Morgan fingerprint density at radius 3 is 2.30 bits per heavy atom. The molecule has 1 heterocycles. The fourth-order valence-electron chi connectivity index (χ4n) is 7.01. The van der Waals surface area contributed by atoms with Gasteiger partial charge in [-0.3, -0.25) is 0 Å². The van der Waals surface area contributed by atoms with Crippen molar-refractivity contribution in [2.45, 2.75) is 84.7 Å². The molecular formula is C18H30O2. The maximum absolute atomic E-state index is 6.48. The summed E-state index contributed by atoms with van der Waals surface area (Å²) in [4.78, 5) is 0. The summed E-state index contributed by atoms with van der Waals surface area (Å²) in [5.41, 5.74) is 0.836. The molecule has 1 spiro atoms. The van der Waals surface area contributed by atoms with Crippen LogP contribution in [0.25, 0.3) is 0 Å². The molecule has 2 nitrogen and oxygen atoms in total. The first kappa shape index (κ1) is 13.6. The van der Waals surface area contributed by atoms with Crippen LogP contribution in [0, 0.1) is 28.6 Å². The monoisotopic (exact) mass is 278 g/mol. The van der Waals surface area contributed by atoms with Gasteiger partial charge in [-0.1, -0.05) is 20.8 Å². The summed E-state index contributed by atoms with van der Waals surface area (Å²) in [5, 5.41) is 0. The molecule has 1 aliphatic heterocycles. The summed E-state index contributed by atoms with van der Waals surface area (Å²) in [5.74, 6) is 1.96. The lowest BCUT2D eigenvalue weighted by molar-refractivity contribution is -0.177. The molecule has 0 N–H and O–H groups in total. The number of ether oxygens (including phenoxy) is 2.